The predicted molar refractivity (Wildman–Crippen MR) is 137 cm³/mol. The quantitative estimate of drug-likeness (QED) is 0.292. The van der Waals surface area contributed by atoms with E-state index in [-0.39, 0.29) is 6.42 Å². The zero-order valence-electron chi connectivity index (χ0n) is 23.0. The highest BCUT2D eigenvalue weighted by molar-refractivity contribution is 8.01. The van der Waals surface area contributed by atoms with E-state index in [9.17, 15) is 28.8 Å². The highest BCUT2D eigenvalue weighted by atomic mass is 32.2. The third kappa shape index (κ3) is 9.23. The number of nitrogens with one attached hydrogen (secondary N) is 1. The number of rotatable bonds is 11. The summed E-state index contributed by atoms with van der Waals surface area (Å²) in [6, 6.07) is 7.43. The fraction of sp³-hybridized carbons (Fsp3) is 0.538. The molecule has 0 unspecified atom stereocenters. The lowest BCUT2D eigenvalue weighted by molar-refractivity contribution is -0.224. The van der Waals surface area contributed by atoms with E-state index in [1.807, 2.05) is 0 Å². The normalized spacial score (nSPS) is 23.5. The van der Waals surface area contributed by atoms with E-state index < -0.39 is 77.8 Å². The van der Waals surface area contributed by atoms with Crippen LogP contribution >= 0.6 is 11.8 Å². The maximum Gasteiger partial charge on any atom is 0.349 e. The lowest BCUT2D eigenvalue weighted by atomic mass is 9.89. The van der Waals surface area contributed by atoms with Gasteiger partial charge in [-0.3, -0.25) is 24.0 Å². The zero-order chi connectivity index (χ0) is 30.0. The van der Waals surface area contributed by atoms with Crippen molar-refractivity contribution in [1.29, 1.82) is 0 Å². The molecule has 14 heteroatoms. The largest absolute Gasteiger partial charge is 0.466 e. The van der Waals surface area contributed by atoms with Crippen LogP contribution in [0.4, 0.5) is 0 Å². The van der Waals surface area contributed by atoms with Crippen molar-refractivity contribution in [2.24, 2.45) is 0 Å². The molecule has 0 aliphatic carbocycles. The van der Waals surface area contributed by atoms with Crippen LogP contribution in [0.25, 0.3) is 0 Å². The van der Waals surface area contributed by atoms with Crippen molar-refractivity contribution in [3.05, 3.63) is 30.3 Å². The molecule has 1 heterocycles. The number of carbonyl (C=O) groups excluding carboxylic acids is 6. The number of esters is 5. The Balaban J connectivity index is 2.76. The number of carbonyl (C=O) groups is 6. The lowest BCUT2D eigenvalue weighted by Crippen LogP contribution is -2.68. The van der Waals surface area contributed by atoms with Crippen molar-refractivity contribution in [2.75, 3.05) is 13.7 Å². The van der Waals surface area contributed by atoms with Crippen LogP contribution in [0.5, 0.6) is 0 Å². The van der Waals surface area contributed by atoms with Gasteiger partial charge in [-0.1, -0.05) is 30.0 Å². The second kappa shape index (κ2) is 14.7. The van der Waals surface area contributed by atoms with E-state index in [0.717, 1.165) is 46.6 Å². The summed E-state index contributed by atoms with van der Waals surface area (Å²) < 4.78 is 32.9. The van der Waals surface area contributed by atoms with E-state index in [1.54, 1.807) is 30.3 Å². The van der Waals surface area contributed by atoms with Gasteiger partial charge >= 0.3 is 29.8 Å². The molecular formula is C26H33NO12S. The van der Waals surface area contributed by atoms with Gasteiger partial charge in [0.2, 0.25) is 10.8 Å². The van der Waals surface area contributed by atoms with Crippen molar-refractivity contribution < 1.29 is 57.2 Å². The highest BCUT2D eigenvalue weighted by Crippen LogP contribution is 2.45. The van der Waals surface area contributed by atoms with Crippen LogP contribution in [-0.2, 0) is 57.2 Å². The fourth-order valence-electron chi connectivity index (χ4n) is 4.18. The number of hydrogen-bond donors (Lipinski definition) is 1. The fourth-order valence-corrected chi connectivity index (χ4v) is 5.43. The van der Waals surface area contributed by atoms with Crippen LogP contribution in [0.1, 0.15) is 41.0 Å². The van der Waals surface area contributed by atoms with E-state index in [0.29, 0.717) is 4.90 Å². The van der Waals surface area contributed by atoms with Gasteiger partial charge in [-0.15, -0.1) is 0 Å². The minimum absolute atomic E-state index is 0.283. The first-order valence-electron chi connectivity index (χ1n) is 12.2. The number of methoxy groups -OCH3 is 1. The summed E-state index contributed by atoms with van der Waals surface area (Å²) in [5.41, 5.74) is 0. The van der Waals surface area contributed by atoms with Crippen molar-refractivity contribution in [3.8, 4) is 0 Å². The number of hydrogen-bond acceptors (Lipinski definition) is 13. The van der Waals surface area contributed by atoms with Crippen molar-refractivity contribution in [1.82, 2.24) is 5.32 Å². The van der Waals surface area contributed by atoms with Crippen LogP contribution in [-0.4, -0.2) is 84.9 Å². The number of ether oxygens (including phenoxy) is 6. The number of benzene rings is 1. The Labute approximate surface area is 235 Å². The van der Waals surface area contributed by atoms with Gasteiger partial charge in [-0.05, 0) is 12.1 Å². The van der Waals surface area contributed by atoms with Gasteiger partial charge in [0.05, 0.1) is 13.2 Å². The van der Waals surface area contributed by atoms with Crippen LogP contribution in [0.2, 0.25) is 0 Å². The smallest absolute Gasteiger partial charge is 0.349 e. The second-order valence-electron chi connectivity index (χ2n) is 8.84. The summed E-state index contributed by atoms with van der Waals surface area (Å²) in [7, 11) is 1.14. The van der Waals surface area contributed by atoms with Crippen LogP contribution in [0.3, 0.4) is 0 Å². The molecule has 0 radical (unpaired) electrons. The van der Waals surface area contributed by atoms with Crippen LogP contribution in [0, 0.1) is 0 Å². The Hall–Kier alpha value is -3.65. The molecule has 1 amide bonds. The molecule has 1 aliphatic rings. The van der Waals surface area contributed by atoms with Gasteiger partial charge in [0, 0.05) is 45.9 Å². The molecule has 1 aliphatic heterocycles. The van der Waals surface area contributed by atoms with Gasteiger partial charge in [0.1, 0.15) is 18.8 Å². The maximum atomic E-state index is 13.3. The van der Waals surface area contributed by atoms with Gasteiger partial charge < -0.3 is 33.7 Å². The molecule has 1 saturated heterocycles. The van der Waals surface area contributed by atoms with Gasteiger partial charge in [-0.25, -0.2) is 4.79 Å². The maximum absolute atomic E-state index is 13.3. The van der Waals surface area contributed by atoms with Gasteiger partial charge in [0.25, 0.3) is 0 Å². The first-order chi connectivity index (χ1) is 18.8. The second-order valence-corrected chi connectivity index (χ2v) is 10.2. The van der Waals surface area contributed by atoms with Crippen LogP contribution in [0.15, 0.2) is 35.2 Å². The van der Waals surface area contributed by atoms with E-state index in [4.69, 9.17) is 28.4 Å². The molecule has 2 rings (SSSR count). The Kier molecular flexibility index (Phi) is 11.9. The highest BCUT2D eigenvalue weighted by Gasteiger charge is 2.58. The Morgan fingerprint density at radius 2 is 1.57 bits per heavy atom. The predicted octanol–water partition coefficient (Wildman–Crippen LogP) is 1.30. The molecule has 0 saturated carbocycles. The average molecular weight is 584 g/mol. The molecule has 13 nitrogen and oxygen atoms in total. The lowest BCUT2D eigenvalue weighted by Gasteiger charge is -2.48. The molecule has 220 valence electrons. The topological polar surface area (TPSA) is 170 Å². The van der Waals surface area contributed by atoms with Crippen LogP contribution < -0.4 is 5.32 Å². The Morgan fingerprint density at radius 1 is 0.950 bits per heavy atom. The third-order valence-electron chi connectivity index (χ3n) is 5.52. The average Bonchev–Trinajstić information content (AvgIpc) is 2.85. The molecule has 1 aromatic rings. The minimum Gasteiger partial charge on any atom is -0.466 e. The summed E-state index contributed by atoms with van der Waals surface area (Å²) in [4.78, 5) is 72.3. The van der Waals surface area contributed by atoms with E-state index in [2.05, 4.69) is 5.32 Å². The summed E-state index contributed by atoms with van der Waals surface area (Å²) in [6.07, 6.45) is -5.98. The van der Waals surface area contributed by atoms with Gasteiger partial charge in [-0.2, -0.15) is 0 Å². The monoisotopic (exact) mass is 583 g/mol. The van der Waals surface area contributed by atoms with Gasteiger partial charge in [0.15, 0.2) is 12.2 Å². The molecule has 1 N–H and O–H groups in total. The molecular weight excluding hydrogens is 550 g/mol. The summed E-state index contributed by atoms with van der Waals surface area (Å²) in [5.74, 6) is -4.54. The summed E-state index contributed by atoms with van der Waals surface area (Å²) >= 11 is 0.946. The van der Waals surface area contributed by atoms with E-state index >= 15 is 0 Å². The zero-order valence-corrected chi connectivity index (χ0v) is 23.8. The summed E-state index contributed by atoms with van der Waals surface area (Å²) in [5, 5.41) is 2.63. The summed E-state index contributed by atoms with van der Waals surface area (Å²) in [6.45, 7) is 5.07. The molecule has 1 fully saturated rings. The molecule has 0 aromatic heterocycles. The number of thioether (sulfide) groups is 1. The molecule has 0 bridgehead atoms. The van der Waals surface area contributed by atoms with E-state index in [1.165, 1.54) is 6.92 Å². The molecule has 0 spiro atoms. The number of amides is 1. The SMILES string of the molecule is COC(=O)[C@]1(Sc2ccccc2)C[C@H](OC(C)=O)[C@H](NC(C)=O)[C@H]([C@H](OC(C)=O)[C@@H](COC(C)=O)OC(C)=O)O1. The minimum atomic E-state index is -1.89. The standard InChI is InChI=1S/C26H33NO12S/c1-14(28)27-22-20(36-16(3)30)12-26(25(33)34-6,40-19-10-8-7-9-11-19)39-24(22)23(38-18(5)32)21(37-17(4)31)13-35-15(2)29/h7-11,20-24H,12-13H2,1-6H3,(H,27,28)/t20-,21+,22-,23+,24+,26+/m0/s1. The third-order valence-corrected chi connectivity index (χ3v) is 6.79. The van der Waals surface area contributed by atoms with Crippen molar-refractivity contribution >= 4 is 47.5 Å². The first kappa shape index (κ1) is 32.6. The molecule has 40 heavy (non-hydrogen) atoms. The van der Waals surface area contributed by atoms with Crippen molar-refractivity contribution in [3.63, 3.8) is 0 Å². The Morgan fingerprint density at radius 3 is 2.08 bits per heavy atom. The Bertz CT molecular complexity index is 1100. The first-order valence-corrected chi connectivity index (χ1v) is 13.0. The molecule has 1 aromatic carbocycles. The molecule has 6 atom stereocenters. The van der Waals surface area contributed by atoms with Crippen molar-refractivity contribution in [2.45, 2.75) is 81.3 Å².